The van der Waals surface area contributed by atoms with E-state index >= 15 is 0 Å². The maximum atomic E-state index is 7.38. The summed E-state index contributed by atoms with van der Waals surface area (Å²) < 4.78 is 7.38. The fourth-order valence-electron chi connectivity index (χ4n) is 6.13. The number of ether oxygens (including phenoxy) is 1. The highest BCUT2D eigenvalue weighted by molar-refractivity contribution is 5.64. The van der Waals surface area contributed by atoms with Crippen molar-refractivity contribution in [2.24, 2.45) is 5.92 Å². The Bertz CT molecular complexity index is 1070. The van der Waals surface area contributed by atoms with Gasteiger partial charge in [0.15, 0.2) is 0 Å². The number of rotatable bonds is 2. The van der Waals surface area contributed by atoms with Crippen LogP contribution in [0.4, 0.5) is 0 Å². The topological polar surface area (TPSA) is 9.23 Å². The van der Waals surface area contributed by atoms with Gasteiger partial charge in [0, 0.05) is 5.92 Å². The molecule has 1 nitrogen and oxygen atoms in total. The highest BCUT2D eigenvalue weighted by Crippen LogP contribution is 2.69. The molecule has 0 radical (unpaired) electrons. The number of fused-ring (bicyclic) bond motifs is 8. The number of hydrogen-bond acceptors (Lipinski definition) is 1. The minimum Gasteiger partial charge on any atom is -0.345 e. The van der Waals surface area contributed by atoms with Gasteiger partial charge in [-0.05, 0) is 47.1 Å². The third kappa shape index (κ3) is 2.20. The summed E-state index contributed by atoms with van der Waals surface area (Å²) in [5.74, 6) is 0.389. The summed E-state index contributed by atoms with van der Waals surface area (Å²) in [5, 5.41) is 0. The lowest BCUT2D eigenvalue weighted by Crippen LogP contribution is -2.35. The van der Waals surface area contributed by atoms with Gasteiger partial charge in [0.2, 0.25) is 0 Å². The van der Waals surface area contributed by atoms with E-state index in [9.17, 15) is 0 Å². The monoisotopic (exact) mass is 378 g/mol. The Morgan fingerprint density at radius 1 is 0.655 bits per heavy atom. The van der Waals surface area contributed by atoms with Gasteiger partial charge >= 0.3 is 0 Å². The lowest BCUT2D eigenvalue weighted by atomic mass is 9.61. The minimum absolute atomic E-state index is 0.389. The molecule has 1 fully saturated rings. The molecule has 2 heterocycles. The smallest absolute Gasteiger partial charge is 0.142 e. The molecule has 29 heavy (non-hydrogen) atoms. The van der Waals surface area contributed by atoms with Crippen molar-refractivity contribution in [1.82, 2.24) is 0 Å². The maximum absolute atomic E-state index is 7.38. The van der Waals surface area contributed by atoms with Crippen LogP contribution < -0.4 is 0 Å². The molecule has 1 saturated heterocycles. The molecule has 3 aliphatic rings. The molecule has 3 unspecified atom stereocenters. The van der Waals surface area contributed by atoms with E-state index in [1.165, 1.54) is 53.5 Å². The van der Waals surface area contributed by atoms with Crippen LogP contribution in [0.2, 0.25) is 0 Å². The average Bonchev–Trinajstić information content (AvgIpc) is 3.23. The summed E-state index contributed by atoms with van der Waals surface area (Å²) in [7, 11) is 0. The predicted octanol–water partition coefficient (Wildman–Crippen LogP) is 6.72. The predicted molar refractivity (Wildman–Crippen MR) is 117 cm³/mol. The van der Waals surface area contributed by atoms with E-state index in [0.717, 1.165) is 6.42 Å². The summed E-state index contributed by atoms with van der Waals surface area (Å²) in [6, 6.07) is 30.8. The van der Waals surface area contributed by atoms with Crippen molar-refractivity contribution in [3.8, 4) is 0 Å². The van der Waals surface area contributed by atoms with E-state index in [1.807, 2.05) is 0 Å². The normalized spacial score (nSPS) is 31.9. The van der Waals surface area contributed by atoms with Gasteiger partial charge in [-0.25, -0.2) is 0 Å². The van der Waals surface area contributed by atoms with Gasteiger partial charge < -0.3 is 4.74 Å². The molecule has 0 aromatic heterocycles. The molecule has 0 saturated carbocycles. The molecular weight excluding hydrogens is 352 g/mol. The molecular formula is C28H26O. The van der Waals surface area contributed by atoms with Crippen molar-refractivity contribution < 1.29 is 4.74 Å². The lowest BCUT2D eigenvalue weighted by Gasteiger charge is -2.38. The molecule has 6 rings (SSSR count). The van der Waals surface area contributed by atoms with Crippen LogP contribution in [-0.4, -0.2) is 0 Å². The Morgan fingerprint density at radius 3 is 2.07 bits per heavy atom. The van der Waals surface area contributed by atoms with Crippen LogP contribution >= 0.6 is 0 Å². The number of hydrogen-bond donors (Lipinski definition) is 0. The van der Waals surface area contributed by atoms with Crippen LogP contribution in [0.15, 0.2) is 96.6 Å². The van der Waals surface area contributed by atoms with E-state index < -0.39 is 11.2 Å². The second-order valence-corrected chi connectivity index (χ2v) is 8.65. The van der Waals surface area contributed by atoms with Gasteiger partial charge in [-0.1, -0.05) is 104 Å². The Balaban J connectivity index is 1.71. The van der Waals surface area contributed by atoms with Crippen LogP contribution in [0.5, 0.6) is 0 Å². The highest BCUT2D eigenvalue weighted by atomic mass is 16.5. The fourth-order valence-corrected chi connectivity index (χ4v) is 6.13. The third-order valence-electron chi connectivity index (χ3n) is 7.24. The van der Waals surface area contributed by atoms with Gasteiger partial charge in [0.25, 0.3) is 0 Å². The van der Waals surface area contributed by atoms with Crippen LogP contribution in [0.25, 0.3) is 0 Å². The molecule has 2 aliphatic heterocycles. The Morgan fingerprint density at radius 2 is 1.31 bits per heavy atom. The molecule has 0 N–H and O–H groups in total. The summed E-state index contributed by atoms with van der Waals surface area (Å²) in [6.45, 7) is 0. The molecule has 1 aliphatic carbocycles. The first-order valence-corrected chi connectivity index (χ1v) is 11.0. The molecule has 1 heteroatoms. The van der Waals surface area contributed by atoms with E-state index in [0.29, 0.717) is 5.92 Å². The lowest BCUT2D eigenvalue weighted by molar-refractivity contribution is -0.0485. The standard InChI is InChI=1S/C28H26O/c1-2-10-18-24-23(17-9-1)27(21-13-5-3-6-14-21)25-19-11-12-20-26(25)28(24,29-27)22-15-7-4-8-16-22/h3-8,11-17,19-20,24H,1-2,9-10,18H2/b23-17+. The molecule has 0 amide bonds. The Kier molecular flexibility index (Phi) is 3.82. The van der Waals surface area contributed by atoms with Crippen LogP contribution in [-0.2, 0) is 15.9 Å². The molecule has 144 valence electrons. The second-order valence-electron chi connectivity index (χ2n) is 8.65. The van der Waals surface area contributed by atoms with Gasteiger partial charge in [-0.15, -0.1) is 0 Å². The van der Waals surface area contributed by atoms with E-state index in [2.05, 4.69) is 91.0 Å². The highest BCUT2D eigenvalue weighted by Gasteiger charge is 2.67. The number of benzene rings is 3. The van der Waals surface area contributed by atoms with Gasteiger partial charge in [0.1, 0.15) is 11.2 Å². The van der Waals surface area contributed by atoms with Crippen LogP contribution in [0.1, 0.15) is 54.4 Å². The van der Waals surface area contributed by atoms with Crippen molar-refractivity contribution in [2.45, 2.75) is 43.3 Å². The molecule has 3 aromatic carbocycles. The van der Waals surface area contributed by atoms with Crippen molar-refractivity contribution >= 4 is 0 Å². The summed E-state index contributed by atoms with van der Waals surface area (Å²) in [5.41, 5.74) is 5.88. The zero-order valence-corrected chi connectivity index (χ0v) is 16.7. The second kappa shape index (κ2) is 6.43. The molecule has 2 bridgehead atoms. The summed E-state index contributed by atoms with van der Waals surface area (Å²) in [4.78, 5) is 0. The van der Waals surface area contributed by atoms with Crippen molar-refractivity contribution in [2.75, 3.05) is 0 Å². The Hall–Kier alpha value is -2.64. The zero-order chi connectivity index (χ0) is 19.3. The average molecular weight is 379 g/mol. The summed E-state index contributed by atoms with van der Waals surface area (Å²) in [6.07, 6.45) is 8.72. The Labute approximate surface area is 173 Å². The van der Waals surface area contributed by atoms with Gasteiger partial charge in [-0.2, -0.15) is 0 Å². The van der Waals surface area contributed by atoms with Crippen LogP contribution in [0.3, 0.4) is 0 Å². The molecule has 3 aromatic rings. The van der Waals surface area contributed by atoms with Crippen LogP contribution in [0, 0.1) is 5.92 Å². The van der Waals surface area contributed by atoms with E-state index in [-0.39, 0.29) is 0 Å². The zero-order valence-electron chi connectivity index (χ0n) is 16.7. The first-order chi connectivity index (χ1) is 14.4. The molecule has 0 spiro atoms. The summed E-state index contributed by atoms with van der Waals surface area (Å²) >= 11 is 0. The fraction of sp³-hybridized carbons (Fsp3) is 0.286. The van der Waals surface area contributed by atoms with E-state index in [4.69, 9.17) is 4.74 Å². The van der Waals surface area contributed by atoms with Gasteiger partial charge in [0.05, 0.1) is 0 Å². The van der Waals surface area contributed by atoms with Crippen molar-refractivity contribution in [3.05, 3.63) is 119 Å². The number of allylic oxidation sites excluding steroid dienone is 1. The van der Waals surface area contributed by atoms with Crippen molar-refractivity contribution in [1.29, 1.82) is 0 Å². The van der Waals surface area contributed by atoms with Gasteiger partial charge in [-0.3, -0.25) is 0 Å². The van der Waals surface area contributed by atoms with Crippen molar-refractivity contribution in [3.63, 3.8) is 0 Å². The van der Waals surface area contributed by atoms with E-state index in [1.54, 1.807) is 0 Å². The quantitative estimate of drug-likeness (QED) is 0.450. The first kappa shape index (κ1) is 17.2. The molecule has 3 atom stereocenters. The SMILES string of the molecule is C1=C2\C(CCCCC/1)C1(c3ccccc3)OC2(c2ccccc2)c2ccccc21. The maximum Gasteiger partial charge on any atom is 0.142 e. The minimum atomic E-state index is -0.463. The largest absolute Gasteiger partial charge is 0.345 e. The third-order valence-corrected chi connectivity index (χ3v) is 7.24. The first-order valence-electron chi connectivity index (χ1n) is 11.0.